The highest BCUT2D eigenvalue weighted by Gasteiger charge is 2.17. The number of nitrogens with one attached hydrogen (secondary N) is 1. The molecule has 1 aromatic heterocycles. The number of carboxylic acid groups (broad SMARTS) is 1. The number of aromatic nitrogens is 1. The zero-order valence-corrected chi connectivity index (χ0v) is 23.8. The molecule has 5 aromatic rings. The minimum atomic E-state index is -0.937. The predicted molar refractivity (Wildman–Crippen MR) is 163 cm³/mol. The molecule has 0 saturated carbocycles. The molecule has 0 aliphatic carbocycles. The van der Waals surface area contributed by atoms with Gasteiger partial charge in [-0.05, 0) is 91.9 Å². The minimum absolute atomic E-state index is 0.122. The topological polar surface area (TPSA) is 80.6 Å². The van der Waals surface area contributed by atoms with Gasteiger partial charge in [-0.1, -0.05) is 54.6 Å². The molecule has 1 amide bonds. The van der Waals surface area contributed by atoms with Crippen LogP contribution in [0.3, 0.4) is 0 Å². The van der Waals surface area contributed by atoms with E-state index in [-0.39, 0.29) is 17.5 Å². The van der Waals surface area contributed by atoms with Gasteiger partial charge in [-0.2, -0.15) is 0 Å². The maximum atomic E-state index is 13.2. The van der Waals surface area contributed by atoms with Crippen molar-refractivity contribution in [3.8, 4) is 16.9 Å². The first-order valence-electron chi connectivity index (χ1n) is 13.8. The van der Waals surface area contributed by atoms with Crippen molar-refractivity contribution in [1.29, 1.82) is 0 Å². The molecule has 4 aromatic carbocycles. The van der Waals surface area contributed by atoms with Crippen LogP contribution in [0.1, 0.15) is 63.0 Å². The van der Waals surface area contributed by atoms with E-state index < -0.39 is 5.97 Å². The molecule has 1 unspecified atom stereocenters. The summed E-state index contributed by atoms with van der Waals surface area (Å²) in [5.41, 5.74) is 7.90. The van der Waals surface area contributed by atoms with Crippen molar-refractivity contribution < 1.29 is 19.4 Å². The van der Waals surface area contributed by atoms with Gasteiger partial charge in [0.15, 0.2) is 0 Å². The highest BCUT2D eigenvalue weighted by molar-refractivity contribution is 5.99. The number of hydrogen-bond acceptors (Lipinski definition) is 3. The number of ether oxygens (including phenoxy) is 1. The van der Waals surface area contributed by atoms with Gasteiger partial charge >= 0.3 is 5.97 Å². The lowest BCUT2D eigenvalue weighted by Gasteiger charge is -2.16. The second-order valence-electron chi connectivity index (χ2n) is 10.3. The Hall–Kier alpha value is -4.84. The lowest BCUT2D eigenvalue weighted by molar-refractivity contribution is 0.0697. The number of rotatable bonds is 9. The van der Waals surface area contributed by atoms with Gasteiger partial charge in [-0.25, -0.2) is 4.79 Å². The minimum Gasteiger partial charge on any atom is -0.494 e. The summed E-state index contributed by atoms with van der Waals surface area (Å²) in [5, 5.41) is 13.7. The van der Waals surface area contributed by atoms with E-state index in [2.05, 4.69) is 23.7 Å². The van der Waals surface area contributed by atoms with Gasteiger partial charge in [0.25, 0.3) is 5.91 Å². The summed E-state index contributed by atoms with van der Waals surface area (Å²) in [7, 11) is 0. The molecule has 1 heterocycles. The highest BCUT2D eigenvalue weighted by atomic mass is 16.5. The number of amides is 1. The Morgan fingerprint density at radius 1 is 0.927 bits per heavy atom. The van der Waals surface area contributed by atoms with Crippen LogP contribution in [-0.4, -0.2) is 28.2 Å². The Kier molecular flexibility index (Phi) is 7.92. The largest absolute Gasteiger partial charge is 0.494 e. The molecule has 0 bridgehead atoms. The van der Waals surface area contributed by atoms with E-state index >= 15 is 0 Å². The van der Waals surface area contributed by atoms with Gasteiger partial charge in [0, 0.05) is 28.7 Å². The van der Waals surface area contributed by atoms with Crippen LogP contribution in [0.15, 0.2) is 91.0 Å². The van der Waals surface area contributed by atoms with E-state index in [1.807, 2.05) is 92.7 Å². The predicted octanol–water partition coefficient (Wildman–Crippen LogP) is 7.56. The molecule has 1 atom stereocenters. The molecule has 6 heteroatoms. The molecular weight excluding hydrogens is 512 g/mol. The Morgan fingerprint density at radius 3 is 2.41 bits per heavy atom. The molecule has 0 fully saturated rings. The first-order chi connectivity index (χ1) is 19.8. The van der Waals surface area contributed by atoms with Crippen molar-refractivity contribution in [3.05, 3.63) is 125 Å². The fraction of sp³-hybridized carbons (Fsp3) is 0.200. The number of nitrogens with zero attached hydrogens (tertiary/aromatic N) is 1. The van der Waals surface area contributed by atoms with Crippen LogP contribution in [0.5, 0.6) is 5.75 Å². The van der Waals surface area contributed by atoms with Crippen LogP contribution >= 0.6 is 0 Å². The zero-order valence-electron chi connectivity index (χ0n) is 23.8. The summed E-state index contributed by atoms with van der Waals surface area (Å²) >= 11 is 0. The molecule has 0 aliphatic rings. The number of benzene rings is 4. The highest BCUT2D eigenvalue weighted by Crippen LogP contribution is 2.29. The average molecular weight is 547 g/mol. The number of carboxylic acids is 1. The SMILES string of the molecule is CCOc1cccc(C(C)NC(=O)c2ccc3c(c2)c(C)c(C)n3Cc2ccc(-c3ccccc3C(=O)O)cc2)c1. The fourth-order valence-electron chi connectivity index (χ4n) is 5.29. The summed E-state index contributed by atoms with van der Waals surface area (Å²) in [5.74, 6) is -0.268. The van der Waals surface area contributed by atoms with Crippen molar-refractivity contribution in [2.24, 2.45) is 0 Å². The third-order valence-electron chi connectivity index (χ3n) is 7.68. The number of aromatic carboxylic acids is 1. The molecule has 0 radical (unpaired) electrons. The van der Waals surface area contributed by atoms with Gasteiger partial charge in [-0.3, -0.25) is 4.79 Å². The van der Waals surface area contributed by atoms with E-state index in [0.29, 0.717) is 24.3 Å². The average Bonchev–Trinajstić information content (AvgIpc) is 3.22. The Morgan fingerprint density at radius 2 is 1.68 bits per heavy atom. The van der Waals surface area contributed by atoms with Crippen LogP contribution in [-0.2, 0) is 6.54 Å². The Labute approximate surface area is 240 Å². The summed E-state index contributed by atoms with van der Waals surface area (Å²) in [6.07, 6.45) is 0. The van der Waals surface area contributed by atoms with Gasteiger partial charge in [0.05, 0.1) is 18.2 Å². The monoisotopic (exact) mass is 546 g/mol. The van der Waals surface area contributed by atoms with Crippen molar-refractivity contribution in [3.63, 3.8) is 0 Å². The van der Waals surface area contributed by atoms with E-state index in [9.17, 15) is 14.7 Å². The van der Waals surface area contributed by atoms with Crippen molar-refractivity contribution in [2.45, 2.75) is 40.3 Å². The Bertz CT molecular complexity index is 1730. The molecule has 208 valence electrons. The summed E-state index contributed by atoms with van der Waals surface area (Å²) in [4.78, 5) is 24.9. The van der Waals surface area contributed by atoms with Crippen LogP contribution in [0.25, 0.3) is 22.0 Å². The standard InChI is InChI=1S/C35H34N2O4/c1-5-41-29-10-8-9-27(19-29)23(3)36-34(38)28-17-18-33-32(20-28)22(2)24(4)37(33)21-25-13-15-26(16-14-25)30-11-6-7-12-31(30)35(39)40/h6-20,23H,5,21H2,1-4H3,(H,36,38)(H,39,40). The van der Waals surface area contributed by atoms with E-state index in [1.54, 1.807) is 12.1 Å². The molecule has 0 spiro atoms. The van der Waals surface area contributed by atoms with Gasteiger partial charge in [-0.15, -0.1) is 0 Å². The summed E-state index contributed by atoms with van der Waals surface area (Å²) in [6.45, 7) is 9.36. The number of carbonyl (C=O) groups excluding carboxylic acids is 1. The van der Waals surface area contributed by atoms with Crippen LogP contribution in [0.2, 0.25) is 0 Å². The first kappa shape index (κ1) is 27.7. The maximum Gasteiger partial charge on any atom is 0.336 e. The van der Waals surface area contributed by atoms with Crippen LogP contribution in [0.4, 0.5) is 0 Å². The van der Waals surface area contributed by atoms with Crippen molar-refractivity contribution in [1.82, 2.24) is 9.88 Å². The van der Waals surface area contributed by atoms with Gasteiger partial charge < -0.3 is 19.7 Å². The number of fused-ring (bicyclic) bond motifs is 1. The number of carbonyl (C=O) groups is 2. The molecule has 2 N–H and O–H groups in total. The van der Waals surface area contributed by atoms with Crippen LogP contribution in [0, 0.1) is 13.8 Å². The van der Waals surface area contributed by atoms with E-state index in [1.165, 1.54) is 0 Å². The zero-order chi connectivity index (χ0) is 29.1. The lowest BCUT2D eigenvalue weighted by atomic mass is 9.99. The second-order valence-corrected chi connectivity index (χ2v) is 10.3. The second kappa shape index (κ2) is 11.7. The summed E-state index contributed by atoms with van der Waals surface area (Å²) < 4.78 is 7.86. The molecule has 6 nitrogen and oxygen atoms in total. The van der Waals surface area contributed by atoms with Gasteiger partial charge in [0.2, 0.25) is 0 Å². The molecular formula is C35H34N2O4. The van der Waals surface area contributed by atoms with Crippen molar-refractivity contribution in [2.75, 3.05) is 6.61 Å². The fourth-order valence-corrected chi connectivity index (χ4v) is 5.29. The van der Waals surface area contributed by atoms with Crippen molar-refractivity contribution >= 4 is 22.8 Å². The summed E-state index contributed by atoms with van der Waals surface area (Å²) in [6, 6.07) is 28.6. The van der Waals surface area contributed by atoms with Crippen LogP contribution < -0.4 is 10.1 Å². The molecule has 0 saturated heterocycles. The third kappa shape index (κ3) is 5.73. The lowest BCUT2D eigenvalue weighted by Crippen LogP contribution is -2.26. The number of hydrogen-bond donors (Lipinski definition) is 2. The Balaban J connectivity index is 1.36. The van der Waals surface area contributed by atoms with E-state index in [0.717, 1.165) is 44.6 Å². The maximum absolute atomic E-state index is 13.2. The third-order valence-corrected chi connectivity index (χ3v) is 7.68. The molecule has 0 aliphatic heterocycles. The molecule has 5 rings (SSSR count). The first-order valence-corrected chi connectivity index (χ1v) is 13.8. The van der Waals surface area contributed by atoms with E-state index in [4.69, 9.17) is 4.74 Å². The smallest absolute Gasteiger partial charge is 0.336 e. The molecule has 41 heavy (non-hydrogen) atoms. The quantitative estimate of drug-likeness (QED) is 0.200. The van der Waals surface area contributed by atoms with Gasteiger partial charge in [0.1, 0.15) is 5.75 Å². The normalized spacial score (nSPS) is 11.8. The number of aryl methyl sites for hydroxylation is 1.